The number of hydrogen-bond acceptors (Lipinski definition) is 3. The van der Waals surface area contributed by atoms with Gasteiger partial charge < -0.3 is 10.2 Å². The van der Waals surface area contributed by atoms with E-state index in [-0.39, 0.29) is 0 Å². The van der Waals surface area contributed by atoms with Crippen LogP contribution in [0.4, 0.5) is 5.82 Å². The molecule has 1 aliphatic heterocycles. The average molecular weight is 241 g/mol. The van der Waals surface area contributed by atoms with Gasteiger partial charge in [-0.3, -0.25) is 0 Å². The molecular weight excluding hydrogens is 222 g/mol. The predicted molar refractivity (Wildman–Crippen MR) is 76.2 cm³/mol. The molecule has 1 saturated heterocycles. The lowest BCUT2D eigenvalue weighted by atomic mass is 10.1. The van der Waals surface area contributed by atoms with Gasteiger partial charge in [-0.05, 0) is 31.5 Å². The largest absolute Gasteiger partial charge is 0.354 e. The van der Waals surface area contributed by atoms with Gasteiger partial charge in [-0.25, -0.2) is 4.98 Å². The van der Waals surface area contributed by atoms with Gasteiger partial charge in [0, 0.05) is 31.1 Å². The zero-order chi connectivity index (χ0) is 12.5. The van der Waals surface area contributed by atoms with Crippen LogP contribution in [0.5, 0.6) is 0 Å². The van der Waals surface area contributed by atoms with Crippen LogP contribution in [0.3, 0.4) is 0 Å². The summed E-state index contributed by atoms with van der Waals surface area (Å²) in [6.45, 7) is 7.49. The fraction of sp³-hybridized carbons (Fsp3) is 0.400. The number of hydrogen-bond donors (Lipinski definition) is 1. The van der Waals surface area contributed by atoms with Crippen molar-refractivity contribution >= 4 is 16.7 Å². The third-order valence-electron chi connectivity index (χ3n) is 3.56. The Labute approximate surface area is 108 Å². The van der Waals surface area contributed by atoms with Crippen LogP contribution in [-0.4, -0.2) is 30.7 Å². The second kappa shape index (κ2) is 4.58. The number of rotatable bonds is 1. The zero-order valence-electron chi connectivity index (χ0n) is 11.0. The molecule has 0 spiro atoms. The van der Waals surface area contributed by atoms with Gasteiger partial charge in [-0.2, -0.15) is 0 Å². The maximum absolute atomic E-state index is 4.83. The molecule has 3 rings (SSSR count). The van der Waals surface area contributed by atoms with E-state index in [4.69, 9.17) is 4.98 Å². The van der Waals surface area contributed by atoms with Crippen LogP contribution in [-0.2, 0) is 0 Å². The summed E-state index contributed by atoms with van der Waals surface area (Å²) in [5, 5.41) is 4.69. The summed E-state index contributed by atoms with van der Waals surface area (Å²) in [4.78, 5) is 7.22. The topological polar surface area (TPSA) is 28.2 Å². The number of nitrogens with one attached hydrogen (secondary N) is 1. The molecule has 1 N–H and O–H groups in total. The van der Waals surface area contributed by atoms with Crippen molar-refractivity contribution < 1.29 is 0 Å². The first-order chi connectivity index (χ1) is 8.74. The van der Waals surface area contributed by atoms with Gasteiger partial charge in [0.25, 0.3) is 0 Å². The lowest BCUT2D eigenvalue weighted by Gasteiger charge is -2.33. The molecule has 0 bridgehead atoms. The van der Waals surface area contributed by atoms with Crippen LogP contribution in [0.1, 0.15) is 12.5 Å². The maximum Gasteiger partial charge on any atom is 0.132 e. The summed E-state index contributed by atoms with van der Waals surface area (Å²) in [7, 11) is 0. The quantitative estimate of drug-likeness (QED) is 0.830. The summed E-state index contributed by atoms with van der Waals surface area (Å²) >= 11 is 0. The number of piperazine rings is 1. The highest BCUT2D eigenvalue weighted by atomic mass is 15.2. The van der Waals surface area contributed by atoms with E-state index < -0.39 is 0 Å². The number of pyridine rings is 1. The standard InChI is InChI=1S/C15H19N3/c1-11-9-13-5-3-4-6-14(13)17-15(11)18-8-7-16-12(2)10-18/h3-6,9,12,16H,7-8,10H2,1-2H3/t12-/m0/s1. The highest BCUT2D eigenvalue weighted by Crippen LogP contribution is 2.23. The molecule has 0 unspecified atom stereocenters. The van der Waals surface area contributed by atoms with E-state index in [0.717, 1.165) is 31.0 Å². The molecule has 0 aliphatic carbocycles. The number of para-hydroxylation sites is 1. The molecule has 1 aromatic heterocycles. The molecule has 2 heterocycles. The van der Waals surface area contributed by atoms with Gasteiger partial charge in [-0.1, -0.05) is 18.2 Å². The van der Waals surface area contributed by atoms with Crippen LogP contribution < -0.4 is 10.2 Å². The molecule has 94 valence electrons. The first-order valence-corrected chi connectivity index (χ1v) is 6.59. The molecule has 0 amide bonds. The van der Waals surface area contributed by atoms with Crippen molar-refractivity contribution in [3.8, 4) is 0 Å². The monoisotopic (exact) mass is 241 g/mol. The van der Waals surface area contributed by atoms with Crippen LogP contribution in [0.25, 0.3) is 10.9 Å². The highest BCUT2D eigenvalue weighted by molar-refractivity contribution is 5.81. The van der Waals surface area contributed by atoms with Crippen LogP contribution in [0, 0.1) is 6.92 Å². The van der Waals surface area contributed by atoms with E-state index in [2.05, 4.69) is 54.4 Å². The second-order valence-electron chi connectivity index (χ2n) is 5.12. The van der Waals surface area contributed by atoms with Crippen molar-refractivity contribution in [2.75, 3.05) is 24.5 Å². The van der Waals surface area contributed by atoms with Gasteiger partial charge in [-0.15, -0.1) is 0 Å². The Morgan fingerprint density at radius 2 is 2.17 bits per heavy atom. The minimum atomic E-state index is 0.534. The number of anilines is 1. The lowest BCUT2D eigenvalue weighted by molar-refractivity contribution is 0.482. The second-order valence-corrected chi connectivity index (χ2v) is 5.12. The Hall–Kier alpha value is -1.61. The maximum atomic E-state index is 4.83. The van der Waals surface area contributed by atoms with E-state index in [1.165, 1.54) is 10.9 Å². The Morgan fingerprint density at radius 1 is 1.33 bits per heavy atom. The SMILES string of the molecule is Cc1cc2ccccc2nc1N1CCN[C@@H](C)C1. The minimum absolute atomic E-state index is 0.534. The van der Waals surface area contributed by atoms with E-state index in [0.29, 0.717) is 6.04 Å². The highest BCUT2D eigenvalue weighted by Gasteiger charge is 2.18. The van der Waals surface area contributed by atoms with Crippen molar-refractivity contribution in [2.24, 2.45) is 0 Å². The number of aromatic nitrogens is 1. The van der Waals surface area contributed by atoms with E-state index in [9.17, 15) is 0 Å². The Balaban J connectivity index is 2.02. The first-order valence-electron chi connectivity index (χ1n) is 6.59. The van der Waals surface area contributed by atoms with Gasteiger partial charge in [0.05, 0.1) is 5.52 Å². The average Bonchev–Trinajstić information content (AvgIpc) is 2.38. The summed E-state index contributed by atoms with van der Waals surface area (Å²) in [6, 6.07) is 11.1. The minimum Gasteiger partial charge on any atom is -0.354 e. The van der Waals surface area contributed by atoms with Gasteiger partial charge >= 0.3 is 0 Å². The zero-order valence-corrected chi connectivity index (χ0v) is 11.0. The number of nitrogens with zero attached hydrogens (tertiary/aromatic N) is 2. The van der Waals surface area contributed by atoms with Crippen molar-refractivity contribution in [3.05, 3.63) is 35.9 Å². The molecule has 1 aromatic carbocycles. The molecule has 1 fully saturated rings. The Bertz CT molecular complexity index is 565. The predicted octanol–water partition coefficient (Wildman–Crippen LogP) is 2.34. The summed E-state index contributed by atoms with van der Waals surface area (Å²) in [5.41, 5.74) is 2.35. The molecular formula is C15H19N3. The smallest absolute Gasteiger partial charge is 0.132 e. The van der Waals surface area contributed by atoms with Gasteiger partial charge in [0.15, 0.2) is 0 Å². The fourth-order valence-corrected chi connectivity index (χ4v) is 2.66. The third-order valence-corrected chi connectivity index (χ3v) is 3.56. The summed E-state index contributed by atoms with van der Waals surface area (Å²) in [5.74, 6) is 1.14. The summed E-state index contributed by atoms with van der Waals surface area (Å²) in [6.07, 6.45) is 0. The molecule has 0 radical (unpaired) electrons. The van der Waals surface area contributed by atoms with E-state index >= 15 is 0 Å². The van der Waals surface area contributed by atoms with Crippen molar-refractivity contribution in [3.63, 3.8) is 0 Å². The van der Waals surface area contributed by atoms with Crippen molar-refractivity contribution in [2.45, 2.75) is 19.9 Å². The third kappa shape index (κ3) is 2.06. The normalized spacial score (nSPS) is 20.3. The fourth-order valence-electron chi connectivity index (χ4n) is 2.66. The number of aryl methyl sites for hydroxylation is 1. The van der Waals surface area contributed by atoms with Crippen LogP contribution in [0.2, 0.25) is 0 Å². The van der Waals surface area contributed by atoms with Crippen LogP contribution in [0.15, 0.2) is 30.3 Å². The number of fused-ring (bicyclic) bond motifs is 1. The molecule has 2 aromatic rings. The Morgan fingerprint density at radius 3 is 3.00 bits per heavy atom. The van der Waals surface area contributed by atoms with Crippen LogP contribution >= 0.6 is 0 Å². The number of benzene rings is 1. The van der Waals surface area contributed by atoms with Crippen molar-refractivity contribution in [1.29, 1.82) is 0 Å². The molecule has 0 saturated carbocycles. The van der Waals surface area contributed by atoms with Crippen molar-refractivity contribution in [1.82, 2.24) is 10.3 Å². The molecule has 1 atom stereocenters. The van der Waals surface area contributed by atoms with E-state index in [1.54, 1.807) is 0 Å². The Kier molecular flexibility index (Phi) is 2.92. The first kappa shape index (κ1) is 11.5. The molecule has 18 heavy (non-hydrogen) atoms. The summed E-state index contributed by atoms with van der Waals surface area (Å²) < 4.78 is 0. The van der Waals surface area contributed by atoms with Gasteiger partial charge in [0.1, 0.15) is 5.82 Å². The molecule has 3 heteroatoms. The van der Waals surface area contributed by atoms with E-state index in [1.807, 2.05) is 0 Å². The van der Waals surface area contributed by atoms with Gasteiger partial charge in [0.2, 0.25) is 0 Å². The molecule has 1 aliphatic rings. The molecule has 3 nitrogen and oxygen atoms in total. The lowest BCUT2D eigenvalue weighted by Crippen LogP contribution is -2.49.